The van der Waals surface area contributed by atoms with Gasteiger partial charge in [0.1, 0.15) is 5.56 Å². The van der Waals surface area contributed by atoms with Crippen LogP contribution in [0.15, 0.2) is 0 Å². The van der Waals surface area contributed by atoms with Crippen LogP contribution in [0.4, 0.5) is 17.6 Å². The molecule has 6 nitrogen and oxygen atoms in total. The molecular formula is C12H10F4N4O2. The third-order valence-electron chi connectivity index (χ3n) is 2.70. The third-order valence-corrected chi connectivity index (χ3v) is 2.70. The number of rotatable bonds is 4. The molecule has 0 unspecified atom stereocenters. The van der Waals surface area contributed by atoms with E-state index in [1.54, 1.807) is 0 Å². The van der Waals surface area contributed by atoms with Gasteiger partial charge in [0.25, 0.3) is 0 Å². The van der Waals surface area contributed by atoms with Crippen LogP contribution in [0.5, 0.6) is 0 Å². The van der Waals surface area contributed by atoms with Crippen LogP contribution < -0.4 is 0 Å². The van der Waals surface area contributed by atoms with E-state index in [4.69, 9.17) is 5.11 Å². The first-order valence-corrected chi connectivity index (χ1v) is 6.12. The normalized spacial score (nSPS) is 11.2. The lowest BCUT2D eigenvalue weighted by atomic mass is 10.1. The summed E-state index contributed by atoms with van der Waals surface area (Å²) in [5, 5.41) is 19.1. The Balaban J connectivity index is 2.61. The Morgan fingerprint density at radius 3 is 2.14 bits per heavy atom. The predicted octanol–water partition coefficient (Wildman–Crippen LogP) is 2.12. The molecule has 1 N–H and O–H groups in total. The van der Waals surface area contributed by atoms with Crippen LogP contribution in [-0.4, -0.2) is 31.3 Å². The van der Waals surface area contributed by atoms with Gasteiger partial charge in [0, 0.05) is 6.42 Å². The second-order valence-corrected chi connectivity index (χ2v) is 4.88. The number of carbonyl (C=O) groups is 1. The molecule has 0 fully saturated rings. The lowest BCUT2D eigenvalue weighted by molar-refractivity contribution is 0.0683. The molecule has 2 rings (SSSR count). The molecule has 0 bridgehead atoms. The molecule has 2 aromatic rings. The number of benzene rings is 1. The third kappa shape index (κ3) is 2.63. The summed E-state index contributed by atoms with van der Waals surface area (Å²) in [5.41, 5.74) is -2.98. The highest BCUT2D eigenvalue weighted by molar-refractivity contribution is 5.88. The molecule has 0 spiro atoms. The van der Waals surface area contributed by atoms with E-state index in [0.717, 1.165) is 0 Å². The lowest BCUT2D eigenvalue weighted by Crippen LogP contribution is -2.15. The maximum Gasteiger partial charge on any atom is 0.341 e. The molecule has 0 radical (unpaired) electrons. The molecule has 10 heteroatoms. The van der Waals surface area contributed by atoms with E-state index < -0.39 is 40.5 Å². The Morgan fingerprint density at radius 2 is 1.68 bits per heavy atom. The SMILES string of the molecule is CC(C)Cc1nnn(-c2c(F)c(F)c(C(=O)O)c(F)c2F)n1. The van der Waals surface area contributed by atoms with Crippen molar-refractivity contribution in [3.8, 4) is 5.69 Å². The summed E-state index contributed by atoms with van der Waals surface area (Å²) in [4.78, 5) is 10.9. The van der Waals surface area contributed by atoms with E-state index in [1.807, 2.05) is 13.8 Å². The van der Waals surface area contributed by atoms with Crippen molar-refractivity contribution in [2.75, 3.05) is 0 Å². The highest BCUT2D eigenvalue weighted by Crippen LogP contribution is 2.26. The van der Waals surface area contributed by atoms with Crippen molar-refractivity contribution in [2.24, 2.45) is 5.92 Å². The van der Waals surface area contributed by atoms with Gasteiger partial charge >= 0.3 is 5.97 Å². The fourth-order valence-corrected chi connectivity index (χ4v) is 1.77. The largest absolute Gasteiger partial charge is 0.477 e. The minimum absolute atomic E-state index is 0.121. The molecule has 118 valence electrons. The summed E-state index contributed by atoms with van der Waals surface area (Å²) in [7, 11) is 0. The first kappa shape index (κ1) is 15.9. The molecular weight excluding hydrogens is 308 g/mol. The minimum atomic E-state index is -2.13. The monoisotopic (exact) mass is 318 g/mol. The standard InChI is InChI=1S/C12H10F4N4O2/c1-4(2)3-5-17-19-20(18-5)11-9(15)7(13)6(12(21)22)8(14)10(11)16/h4H,3H2,1-2H3,(H,21,22). The number of halogens is 4. The number of aromatic carboxylic acids is 1. The van der Waals surface area contributed by atoms with Crippen molar-refractivity contribution in [2.45, 2.75) is 20.3 Å². The average Bonchev–Trinajstić information content (AvgIpc) is 2.84. The van der Waals surface area contributed by atoms with Crippen molar-refractivity contribution in [3.63, 3.8) is 0 Å². The fraction of sp³-hybridized carbons (Fsp3) is 0.333. The maximum atomic E-state index is 13.8. The zero-order valence-corrected chi connectivity index (χ0v) is 11.4. The molecule has 22 heavy (non-hydrogen) atoms. The number of carboxylic acids is 1. The Kier molecular flexibility index (Phi) is 4.11. The molecule has 1 aromatic carbocycles. The molecule has 1 aromatic heterocycles. The smallest absolute Gasteiger partial charge is 0.341 e. The quantitative estimate of drug-likeness (QED) is 0.690. The summed E-state index contributed by atoms with van der Waals surface area (Å²) < 4.78 is 54.9. The summed E-state index contributed by atoms with van der Waals surface area (Å²) in [6, 6.07) is 0. The topological polar surface area (TPSA) is 80.9 Å². The first-order chi connectivity index (χ1) is 10.2. The van der Waals surface area contributed by atoms with Gasteiger partial charge in [0.2, 0.25) is 0 Å². The van der Waals surface area contributed by atoms with Crippen molar-refractivity contribution < 1.29 is 27.5 Å². The van der Waals surface area contributed by atoms with Crippen LogP contribution in [0.1, 0.15) is 30.0 Å². The molecule has 0 saturated carbocycles. The zero-order valence-electron chi connectivity index (χ0n) is 11.4. The van der Waals surface area contributed by atoms with Crippen LogP contribution in [-0.2, 0) is 6.42 Å². The van der Waals surface area contributed by atoms with Gasteiger partial charge < -0.3 is 5.11 Å². The van der Waals surface area contributed by atoms with Gasteiger partial charge in [0.15, 0.2) is 34.8 Å². The average molecular weight is 318 g/mol. The first-order valence-electron chi connectivity index (χ1n) is 6.12. The summed E-state index contributed by atoms with van der Waals surface area (Å²) in [6.07, 6.45) is 0.335. The summed E-state index contributed by atoms with van der Waals surface area (Å²) in [5.74, 6) is -9.79. The van der Waals surface area contributed by atoms with Crippen LogP contribution in [0.2, 0.25) is 0 Å². The van der Waals surface area contributed by atoms with Gasteiger partial charge in [-0.3, -0.25) is 0 Å². The van der Waals surface area contributed by atoms with Crippen molar-refractivity contribution >= 4 is 5.97 Å². The Labute approximate surface area is 121 Å². The highest BCUT2D eigenvalue weighted by atomic mass is 19.2. The molecule has 0 atom stereocenters. The van der Waals surface area contributed by atoms with Crippen molar-refractivity contribution in [1.82, 2.24) is 20.2 Å². The molecule has 0 aliphatic heterocycles. The fourth-order valence-electron chi connectivity index (χ4n) is 1.77. The maximum absolute atomic E-state index is 13.8. The van der Waals surface area contributed by atoms with Crippen LogP contribution in [0, 0.1) is 29.2 Å². The molecule has 1 heterocycles. The van der Waals surface area contributed by atoms with Crippen LogP contribution in [0.3, 0.4) is 0 Å². The van der Waals surface area contributed by atoms with Gasteiger partial charge in [-0.15, -0.1) is 15.0 Å². The number of aromatic nitrogens is 4. The van der Waals surface area contributed by atoms with Gasteiger partial charge in [-0.2, -0.15) is 0 Å². The number of tetrazole rings is 1. The second-order valence-electron chi connectivity index (χ2n) is 4.88. The predicted molar refractivity (Wildman–Crippen MR) is 64.5 cm³/mol. The molecule has 0 aliphatic carbocycles. The van der Waals surface area contributed by atoms with Crippen LogP contribution in [0.25, 0.3) is 5.69 Å². The molecule has 0 saturated heterocycles. The van der Waals surface area contributed by atoms with E-state index in [1.165, 1.54) is 0 Å². The van der Waals surface area contributed by atoms with E-state index >= 15 is 0 Å². The van der Waals surface area contributed by atoms with Crippen LogP contribution >= 0.6 is 0 Å². The lowest BCUT2D eigenvalue weighted by Gasteiger charge is -2.08. The van der Waals surface area contributed by atoms with E-state index in [0.29, 0.717) is 11.2 Å². The van der Waals surface area contributed by atoms with E-state index in [9.17, 15) is 22.4 Å². The summed E-state index contributed by atoms with van der Waals surface area (Å²) >= 11 is 0. The molecule has 0 aliphatic rings. The zero-order chi connectivity index (χ0) is 16.6. The molecule has 0 amide bonds. The number of carboxylic acid groups (broad SMARTS) is 1. The van der Waals surface area contributed by atoms with Crippen molar-refractivity contribution in [1.29, 1.82) is 0 Å². The summed E-state index contributed by atoms with van der Waals surface area (Å²) in [6.45, 7) is 3.67. The van der Waals surface area contributed by atoms with Gasteiger partial charge in [-0.1, -0.05) is 13.8 Å². The van der Waals surface area contributed by atoms with E-state index in [2.05, 4.69) is 15.4 Å². The highest BCUT2D eigenvalue weighted by Gasteiger charge is 2.31. The number of hydrogen-bond acceptors (Lipinski definition) is 4. The van der Waals surface area contributed by atoms with Gasteiger partial charge in [0.05, 0.1) is 0 Å². The van der Waals surface area contributed by atoms with Gasteiger partial charge in [-0.25, -0.2) is 22.4 Å². The second kappa shape index (κ2) is 5.70. The number of nitrogens with zero attached hydrogens (tertiary/aromatic N) is 4. The Bertz CT molecular complexity index is 716. The van der Waals surface area contributed by atoms with E-state index in [-0.39, 0.29) is 11.7 Å². The van der Waals surface area contributed by atoms with Crippen molar-refractivity contribution in [3.05, 3.63) is 34.7 Å². The minimum Gasteiger partial charge on any atom is -0.477 e. The number of hydrogen-bond donors (Lipinski definition) is 1. The Hall–Kier alpha value is -2.52. The van der Waals surface area contributed by atoms with Gasteiger partial charge in [-0.05, 0) is 11.1 Å². The Morgan fingerprint density at radius 1 is 1.14 bits per heavy atom.